The third kappa shape index (κ3) is 2.18. The van der Waals surface area contributed by atoms with Crippen molar-refractivity contribution in [2.24, 2.45) is 0 Å². The molecule has 2 atom stereocenters. The Morgan fingerprint density at radius 1 is 1.50 bits per heavy atom. The number of nitrogens with zero attached hydrogens (tertiary/aromatic N) is 4. The van der Waals surface area contributed by atoms with E-state index in [4.69, 9.17) is 5.26 Å². The van der Waals surface area contributed by atoms with E-state index in [0.29, 0.717) is 11.9 Å². The Labute approximate surface area is 116 Å². The van der Waals surface area contributed by atoms with Crippen molar-refractivity contribution in [1.29, 1.82) is 5.26 Å². The van der Waals surface area contributed by atoms with Crippen LogP contribution in [0, 0.1) is 21.4 Å². The number of hydrogen-bond acceptors (Lipinski definition) is 6. The molecule has 3 heterocycles. The van der Waals surface area contributed by atoms with Crippen LogP contribution in [0.4, 0.5) is 11.5 Å². The molecule has 20 heavy (non-hydrogen) atoms. The molecule has 7 nitrogen and oxygen atoms in total. The number of nitriles is 1. The second kappa shape index (κ2) is 5.06. The second-order valence-corrected chi connectivity index (χ2v) is 5.24. The zero-order chi connectivity index (χ0) is 14.1. The lowest BCUT2D eigenvalue weighted by molar-refractivity contribution is -0.385. The number of nitro groups is 1. The molecule has 1 aromatic rings. The van der Waals surface area contributed by atoms with Crippen LogP contribution >= 0.6 is 0 Å². The average molecular weight is 273 g/mol. The van der Waals surface area contributed by atoms with Gasteiger partial charge in [0.2, 0.25) is 0 Å². The highest BCUT2D eigenvalue weighted by molar-refractivity contribution is 5.56. The maximum atomic E-state index is 10.7. The summed E-state index contributed by atoms with van der Waals surface area (Å²) in [6.07, 6.45) is 4.59. The first-order valence-electron chi connectivity index (χ1n) is 6.74. The molecule has 0 radical (unpaired) electrons. The van der Waals surface area contributed by atoms with Gasteiger partial charge >= 0.3 is 0 Å². The Bertz CT molecular complexity index is 583. The minimum Gasteiger partial charge on any atom is -0.365 e. The van der Waals surface area contributed by atoms with Gasteiger partial charge in [0.15, 0.2) is 0 Å². The Balaban J connectivity index is 1.81. The van der Waals surface area contributed by atoms with E-state index in [1.54, 1.807) is 0 Å². The van der Waals surface area contributed by atoms with Crippen LogP contribution in [0.3, 0.4) is 0 Å². The van der Waals surface area contributed by atoms with E-state index in [0.717, 1.165) is 25.9 Å². The van der Waals surface area contributed by atoms with E-state index in [1.165, 1.54) is 18.7 Å². The number of nitrogens with one attached hydrogen (secondary N) is 1. The molecule has 2 unspecified atom stereocenters. The molecule has 2 aliphatic rings. The second-order valence-electron chi connectivity index (χ2n) is 5.24. The summed E-state index contributed by atoms with van der Waals surface area (Å²) in [7, 11) is 0. The van der Waals surface area contributed by atoms with Crippen LogP contribution in [0.5, 0.6) is 0 Å². The monoisotopic (exact) mass is 273 g/mol. The molecule has 2 fully saturated rings. The zero-order valence-electron chi connectivity index (χ0n) is 11.0. The summed E-state index contributed by atoms with van der Waals surface area (Å²) >= 11 is 0. The van der Waals surface area contributed by atoms with E-state index in [1.807, 2.05) is 6.07 Å². The van der Waals surface area contributed by atoms with Gasteiger partial charge in [-0.25, -0.2) is 4.98 Å². The molecular weight excluding hydrogens is 258 g/mol. The van der Waals surface area contributed by atoms with Crippen LogP contribution in [0.2, 0.25) is 0 Å². The van der Waals surface area contributed by atoms with Crippen molar-refractivity contribution < 1.29 is 4.92 Å². The Morgan fingerprint density at radius 2 is 2.35 bits per heavy atom. The van der Waals surface area contributed by atoms with Crippen LogP contribution in [0.1, 0.15) is 24.8 Å². The van der Waals surface area contributed by atoms with E-state index in [2.05, 4.69) is 15.2 Å². The molecule has 0 bridgehead atoms. The molecule has 104 valence electrons. The molecule has 2 saturated heterocycles. The topological polar surface area (TPSA) is 95.1 Å². The quantitative estimate of drug-likeness (QED) is 0.662. The highest BCUT2D eigenvalue weighted by atomic mass is 16.6. The van der Waals surface area contributed by atoms with Crippen molar-refractivity contribution in [3.63, 3.8) is 0 Å². The molecule has 2 aliphatic heterocycles. The summed E-state index contributed by atoms with van der Waals surface area (Å²) in [6, 6.07) is 4.03. The molecule has 3 rings (SSSR count). The highest BCUT2D eigenvalue weighted by Gasteiger charge is 2.37. The molecule has 0 aliphatic carbocycles. The van der Waals surface area contributed by atoms with E-state index < -0.39 is 4.92 Å². The van der Waals surface area contributed by atoms with Gasteiger partial charge in [0.1, 0.15) is 23.6 Å². The first-order chi connectivity index (χ1) is 9.69. The summed E-state index contributed by atoms with van der Waals surface area (Å²) in [5.74, 6) is 0.455. The van der Waals surface area contributed by atoms with Gasteiger partial charge in [0.25, 0.3) is 5.69 Å². The number of rotatable bonds is 3. The number of anilines is 1. The van der Waals surface area contributed by atoms with Gasteiger partial charge in [-0.1, -0.05) is 0 Å². The summed E-state index contributed by atoms with van der Waals surface area (Å²) in [4.78, 5) is 16.7. The lowest BCUT2D eigenvalue weighted by Crippen LogP contribution is -2.34. The Morgan fingerprint density at radius 3 is 3.10 bits per heavy atom. The third-order valence-electron chi connectivity index (χ3n) is 4.13. The predicted molar refractivity (Wildman–Crippen MR) is 72.2 cm³/mol. The minimum atomic E-state index is -0.536. The SMILES string of the molecule is N#Cc1cc([N+](=O)[O-])cnc1NC1CCN2CCCC12. The fourth-order valence-electron chi connectivity index (χ4n) is 3.18. The van der Waals surface area contributed by atoms with Crippen molar-refractivity contribution in [2.45, 2.75) is 31.3 Å². The fraction of sp³-hybridized carbons (Fsp3) is 0.538. The van der Waals surface area contributed by atoms with Crippen LogP contribution in [0.25, 0.3) is 0 Å². The minimum absolute atomic E-state index is 0.152. The van der Waals surface area contributed by atoms with Gasteiger partial charge < -0.3 is 5.32 Å². The average Bonchev–Trinajstić information content (AvgIpc) is 3.04. The standard InChI is InChI=1S/C13H15N5O2/c14-7-9-6-10(18(19)20)8-15-13(9)16-11-3-5-17-4-1-2-12(11)17/h6,8,11-12H,1-5H2,(H,15,16). The van der Waals surface area contributed by atoms with Crippen molar-refractivity contribution in [1.82, 2.24) is 9.88 Å². The summed E-state index contributed by atoms with van der Waals surface area (Å²) in [5, 5.41) is 23.1. The van der Waals surface area contributed by atoms with E-state index >= 15 is 0 Å². The molecule has 0 amide bonds. The molecule has 0 spiro atoms. The van der Waals surface area contributed by atoms with Gasteiger partial charge in [-0.15, -0.1) is 0 Å². The maximum Gasteiger partial charge on any atom is 0.289 e. The molecule has 7 heteroatoms. The fourth-order valence-corrected chi connectivity index (χ4v) is 3.18. The van der Waals surface area contributed by atoms with Gasteiger partial charge in [-0.2, -0.15) is 5.26 Å². The van der Waals surface area contributed by atoms with Gasteiger partial charge in [0.05, 0.1) is 4.92 Å². The lowest BCUT2D eigenvalue weighted by atomic mass is 10.1. The largest absolute Gasteiger partial charge is 0.365 e. The molecule has 1 aromatic heterocycles. The van der Waals surface area contributed by atoms with Gasteiger partial charge in [0, 0.05) is 24.7 Å². The third-order valence-corrected chi connectivity index (χ3v) is 4.13. The number of hydrogen-bond donors (Lipinski definition) is 1. The number of pyridine rings is 1. The van der Waals surface area contributed by atoms with Crippen LogP contribution < -0.4 is 5.32 Å². The highest BCUT2D eigenvalue weighted by Crippen LogP contribution is 2.30. The molecule has 0 aromatic carbocycles. The molecular formula is C13H15N5O2. The number of aromatic nitrogens is 1. The summed E-state index contributed by atoms with van der Waals surface area (Å²) in [5.41, 5.74) is 0.0802. The van der Waals surface area contributed by atoms with Crippen LogP contribution in [0.15, 0.2) is 12.3 Å². The van der Waals surface area contributed by atoms with Gasteiger partial charge in [-0.05, 0) is 25.8 Å². The molecule has 0 saturated carbocycles. The zero-order valence-corrected chi connectivity index (χ0v) is 11.0. The first-order valence-corrected chi connectivity index (χ1v) is 6.74. The van der Waals surface area contributed by atoms with Crippen molar-refractivity contribution in [2.75, 3.05) is 18.4 Å². The van der Waals surface area contributed by atoms with Crippen LogP contribution in [-0.2, 0) is 0 Å². The summed E-state index contributed by atoms with van der Waals surface area (Å²) < 4.78 is 0. The van der Waals surface area contributed by atoms with E-state index in [-0.39, 0.29) is 17.3 Å². The van der Waals surface area contributed by atoms with E-state index in [9.17, 15) is 10.1 Å². The van der Waals surface area contributed by atoms with Crippen molar-refractivity contribution >= 4 is 11.5 Å². The van der Waals surface area contributed by atoms with Gasteiger partial charge in [-0.3, -0.25) is 15.0 Å². The first kappa shape index (κ1) is 12.8. The Kier molecular flexibility index (Phi) is 3.24. The normalized spacial score (nSPS) is 25.1. The van der Waals surface area contributed by atoms with Crippen molar-refractivity contribution in [3.05, 3.63) is 27.9 Å². The smallest absolute Gasteiger partial charge is 0.289 e. The van der Waals surface area contributed by atoms with Crippen molar-refractivity contribution in [3.8, 4) is 6.07 Å². The molecule has 1 N–H and O–H groups in total. The maximum absolute atomic E-state index is 10.7. The summed E-state index contributed by atoms with van der Waals surface area (Å²) in [6.45, 7) is 2.21. The Hall–Kier alpha value is -2.20. The number of fused-ring (bicyclic) bond motifs is 1. The lowest BCUT2D eigenvalue weighted by Gasteiger charge is -2.22. The van der Waals surface area contributed by atoms with Crippen LogP contribution in [-0.4, -0.2) is 40.0 Å². The predicted octanol–water partition coefficient (Wildman–Crippen LogP) is 1.51.